The Morgan fingerprint density at radius 2 is 1.68 bits per heavy atom. The number of benzene rings is 2. The van der Waals surface area contributed by atoms with Crippen LogP contribution in [0.25, 0.3) is 0 Å². The molecular formula is C21H28N2O4S. The van der Waals surface area contributed by atoms with E-state index in [9.17, 15) is 8.42 Å². The van der Waals surface area contributed by atoms with Gasteiger partial charge in [-0.05, 0) is 55.3 Å². The average molecular weight is 405 g/mol. The maximum atomic E-state index is 13.0. The number of aryl methyl sites for hydroxylation is 1. The van der Waals surface area contributed by atoms with Gasteiger partial charge in [-0.15, -0.1) is 0 Å². The first-order valence-electron chi connectivity index (χ1n) is 9.53. The molecule has 7 heteroatoms. The van der Waals surface area contributed by atoms with Crippen LogP contribution in [0, 0.1) is 6.92 Å². The van der Waals surface area contributed by atoms with Gasteiger partial charge in [-0.3, -0.25) is 4.90 Å². The molecule has 0 saturated carbocycles. The van der Waals surface area contributed by atoms with E-state index in [2.05, 4.69) is 17.0 Å². The lowest BCUT2D eigenvalue weighted by molar-refractivity contribution is 0.181. The van der Waals surface area contributed by atoms with Gasteiger partial charge in [-0.25, -0.2) is 8.42 Å². The number of hydrogen-bond donors (Lipinski definition) is 0. The monoisotopic (exact) mass is 404 g/mol. The Labute approximate surface area is 167 Å². The van der Waals surface area contributed by atoms with Crippen LogP contribution in [0.4, 0.5) is 0 Å². The Bertz CT molecular complexity index is 889. The summed E-state index contributed by atoms with van der Waals surface area (Å²) in [7, 11) is -1.90. The molecule has 2 aromatic rings. The average Bonchev–Trinajstić information content (AvgIpc) is 2.70. The molecule has 0 radical (unpaired) electrons. The van der Waals surface area contributed by atoms with Gasteiger partial charge < -0.3 is 9.47 Å². The summed E-state index contributed by atoms with van der Waals surface area (Å²) in [6.07, 6.45) is 0. The molecule has 0 aliphatic carbocycles. The van der Waals surface area contributed by atoms with Crippen molar-refractivity contribution in [2.45, 2.75) is 25.3 Å². The number of hydrogen-bond acceptors (Lipinski definition) is 5. The number of ether oxygens (including phenoxy) is 2. The fourth-order valence-corrected chi connectivity index (χ4v) is 4.91. The smallest absolute Gasteiger partial charge is 0.243 e. The number of rotatable bonds is 7. The number of methoxy groups -OCH3 is 1. The Morgan fingerprint density at radius 3 is 2.25 bits per heavy atom. The predicted octanol–water partition coefficient (Wildman–Crippen LogP) is 2.91. The molecular weight excluding hydrogens is 376 g/mol. The van der Waals surface area contributed by atoms with Crippen molar-refractivity contribution in [1.29, 1.82) is 0 Å². The molecule has 1 fully saturated rings. The van der Waals surface area contributed by atoms with Crippen molar-refractivity contribution >= 4 is 10.0 Å². The first-order chi connectivity index (χ1) is 13.4. The molecule has 0 spiro atoms. The minimum Gasteiger partial charge on any atom is -0.496 e. The van der Waals surface area contributed by atoms with E-state index < -0.39 is 10.0 Å². The minimum atomic E-state index is -3.48. The van der Waals surface area contributed by atoms with Gasteiger partial charge >= 0.3 is 0 Å². The lowest BCUT2D eigenvalue weighted by Crippen LogP contribution is -2.48. The first kappa shape index (κ1) is 20.6. The van der Waals surface area contributed by atoms with Crippen molar-refractivity contribution in [2.75, 3.05) is 39.9 Å². The minimum absolute atomic E-state index is 0.325. The number of sulfonamides is 1. The predicted molar refractivity (Wildman–Crippen MR) is 109 cm³/mol. The quantitative estimate of drug-likeness (QED) is 0.710. The maximum Gasteiger partial charge on any atom is 0.243 e. The zero-order valence-corrected chi connectivity index (χ0v) is 17.5. The molecule has 2 aromatic carbocycles. The maximum absolute atomic E-state index is 13.0. The van der Waals surface area contributed by atoms with Crippen LogP contribution in [-0.4, -0.2) is 57.5 Å². The summed E-state index contributed by atoms with van der Waals surface area (Å²) in [5.41, 5.74) is 2.02. The molecule has 1 aliphatic rings. The van der Waals surface area contributed by atoms with Crippen molar-refractivity contribution in [3.63, 3.8) is 0 Å². The Balaban J connectivity index is 1.60. The van der Waals surface area contributed by atoms with E-state index in [-0.39, 0.29) is 0 Å². The Kier molecular flexibility index (Phi) is 6.59. The van der Waals surface area contributed by atoms with Crippen molar-refractivity contribution in [3.05, 3.63) is 53.6 Å². The van der Waals surface area contributed by atoms with Crippen LogP contribution in [-0.2, 0) is 16.6 Å². The highest BCUT2D eigenvalue weighted by Crippen LogP contribution is 2.24. The van der Waals surface area contributed by atoms with Crippen LogP contribution in [0.1, 0.15) is 18.1 Å². The van der Waals surface area contributed by atoms with Crippen LogP contribution in [0.2, 0.25) is 0 Å². The second-order valence-corrected chi connectivity index (χ2v) is 8.83. The van der Waals surface area contributed by atoms with Crippen molar-refractivity contribution in [3.8, 4) is 11.5 Å². The van der Waals surface area contributed by atoms with Crippen LogP contribution in [0.5, 0.6) is 11.5 Å². The van der Waals surface area contributed by atoms with Gasteiger partial charge in [-0.2, -0.15) is 4.31 Å². The number of nitrogens with zero attached hydrogens (tertiary/aromatic N) is 2. The van der Waals surface area contributed by atoms with Crippen LogP contribution < -0.4 is 9.47 Å². The summed E-state index contributed by atoms with van der Waals surface area (Å²) < 4.78 is 38.2. The van der Waals surface area contributed by atoms with Gasteiger partial charge in [0.05, 0.1) is 18.6 Å². The Hall–Kier alpha value is -2.09. The third-order valence-electron chi connectivity index (χ3n) is 4.98. The van der Waals surface area contributed by atoms with E-state index in [1.165, 1.54) is 5.56 Å². The van der Waals surface area contributed by atoms with Gasteiger partial charge in [0.2, 0.25) is 10.0 Å². The molecule has 0 bridgehead atoms. The van der Waals surface area contributed by atoms with E-state index in [1.54, 1.807) is 29.6 Å². The van der Waals surface area contributed by atoms with Crippen molar-refractivity contribution in [2.24, 2.45) is 0 Å². The molecule has 28 heavy (non-hydrogen) atoms. The van der Waals surface area contributed by atoms with Crippen molar-refractivity contribution in [1.82, 2.24) is 9.21 Å². The third kappa shape index (κ3) is 4.66. The summed E-state index contributed by atoms with van der Waals surface area (Å²) in [6.45, 7) is 7.69. The molecule has 152 valence electrons. The lowest BCUT2D eigenvalue weighted by Gasteiger charge is -2.34. The largest absolute Gasteiger partial charge is 0.496 e. The molecule has 6 nitrogen and oxygen atoms in total. The van der Waals surface area contributed by atoms with Gasteiger partial charge in [0.1, 0.15) is 11.5 Å². The molecule has 0 unspecified atom stereocenters. The first-order valence-corrected chi connectivity index (χ1v) is 11.0. The zero-order chi connectivity index (χ0) is 20.1. The van der Waals surface area contributed by atoms with E-state index in [4.69, 9.17) is 9.47 Å². The third-order valence-corrected chi connectivity index (χ3v) is 6.87. The normalized spacial score (nSPS) is 16.1. The van der Waals surface area contributed by atoms with Gasteiger partial charge in [0.25, 0.3) is 0 Å². The van der Waals surface area contributed by atoms with Crippen LogP contribution in [0.3, 0.4) is 0 Å². The highest BCUT2D eigenvalue weighted by molar-refractivity contribution is 7.89. The fraction of sp³-hybridized carbons (Fsp3) is 0.429. The molecule has 1 saturated heterocycles. The lowest BCUT2D eigenvalue weighted by atomic mass is 10.2. The SMILES string of the molecule is CCOc1ccc(CN2CCN(S(=O)(=O)c3ccc(OC)c(C)c3)CC2)cc1. The topological polar surface area (TPSA) is 59.1 Å². The molecule has 1 aliphatic heterocycles. The summed E-state index contributed by atoms with van der Waals surface area (Å²) in [6, 6.07) is 13.1. The molecule has 0 N–H and O–H groups in total. The Morgan fingerprint density at radius 1 is 1.00 bits per heavy atom. The van der Waals surface area contributed by atoms with Gasteiger partial charge in [0.15, 0.2) is 0 Å². The fourth-order valence-electron chi connectivity index (χ4n) is 3.40. The standard InChI is InChI=1S/C21H28N2O4S/c1-4-27-19-7-5-18(6-8-19)16-22-11-13-23(14-12-22)28(24,25)20-9-10-21(26-3)17(2)15-20/h5-10,15H,4,11-14,16H2,1-3H3. The second-order valence-electron chi connectivity index (χ2n) is 6.89. The molecule has 0 aromatic heterocycles. The van der Waals surface area contributed by atoms with E-state index in [0.717, 1.165) is 17.9 Å². The summed E-state index contributed by atoms with van der Waals surface area (Å²) in [4.78, 5) is 2.60. The molecule has 0 amide bonds. The van der Waals surface area contributed by atoms with Crippen LogP contribution in [0.15, 0.2) is 47.4 Å². The molecule has 1 heterocycles. The van der Waals surface area contributed by atoms with Crippen molar-refractivity contribution < 1.29 is 17.9 Å². The second kappa shape index (κ2) is 8.94. The highest BCUT2D eigenvalue weighted by atomic mass is 32.2. The van der Waals surface area contributed by atoms with Gasteiger partial charge in [0, 0.05) is 32.7 Å². The van der Waals surface area contributed by atoms with E-state index in [1.807, 2.05) is 26.0 Å². The molecule has 0 atom stereocenters. The summed E-state index contributed by atoms with van der Waals surface area (Å²) in [5, 5.41) is 0. The van der Waals surface area contributed by atoms with Crippen LogP contribution >= 0.6 is 0 Å². The van der Waals surface area contributed by atoms with E-state index >= 15 is 0 Å². The summed E-state index contributed by atoms with van der Waals surface area (Å²) in [5.74, 6) is 1.57. The van der Waals surface area contributed by atoms with E-state index in [0.29, 0.717) is 43.4 Å². The molecule has 3 rings (SSSR count). The highest BCUT2D eigenvalue weighted by Gasteiger charge is 2.28. The summed E-state index contributed by atoms with van der Waals surface area (Å²) >= 11 is 0. The zero-order valence-electron chi connectivity index (χ0n) is 16.7. The van der Waals surface area contributed by atoms with Gasteiger partial charge in [-0.1, -0.05) is 12.1 Å². The number of piperazine rings is 1.